The average molecular weight is 307 g/mol. The fourth-order valence-corrected chi connectivity index (χ4v) is 2.70. The van der Waals surface area contributed by atoms with Crippen LogP contribution in [0.15, 0.2) is 12.1 Å². The van der Waals surface area contributed by atoms with Gasteiger partial charge >= 0.3 is 6.18 Å². The summed E-state index contributed by atoms with van der Waals surface area (Å²) in [5.41, 5.74) is -0.451. The van der Waals surface area contributed by atoms with Crippen LogP contribution in [0.2, 0.25) is 5.15 Å². The Bertz CT molecular complexity index is 476. The monoisotopic (exact) mass is 306 g/mol. The lowest BCUT2D eigenvalue weighted by molar-refractivity contribution is -0.137. The number of nitrogens with zero attached hydrogens (tertiary/aromatic N) is 1. The second kappa shape index (κ2) is 5.43. The standard InChI is InChI=1S/C14H18ClF3N2/c1-13(2)5-3-10(4-6-13)19-12-8-9(14(16,17)18)7-11(15)20-12/h7-8,10H,3-6H2,1-2H3,(H,19,20). The molecule has 1 saturated carbocycles. The van der Waals surface area contributed by atoms with Crippen LogP contribution in [-0.4, -0.2) is 11.0 Å². The van der Waals surface area contributed by atoms with E-state index in [1.165, 1.54) is 0 Å². The van der Waals surface area contributed by atoms with Crippen molar-refractivity contribution in [3.05, 3.63) is 22.8 Å². The SMILES string of the molecule is CC1(C)CCC(Nc2cc(C(F)(F)F)cc(Cl)n2)CC1. The Hall–Kier alpha value is -0.970. The molecule has 20 heavy (non-hydrogen) atoms. The van der Waals surface area contributed by atoms with Gasteiger partial charge in [0.25, 0.3) is 0 Å². The molecule has 1 fully saturated rings. The highest BCUT2D eigenvalue weighted by Gasteiger charge is 2.32. The van der Waals surface area contributed by atoms with Crippen LogP contribution in [-0.2, 0) is 6.18 Å². The van der Waals surface area contributed by atoms with Gasteiger partial charge in [-0.25, -0.2) is 4.98 Å². The zero-order chi connectivity index (χ0) is 15.0. The fraction of sp³-hybridized carbons (Fsp3) is 0.643. The number of hydrogen-bond acceptors (Lipinski definition) is 2. The molecule has 112 valence electrons. The topological polar surface area (TPSA) is 24.9 Å². The molecule has 0 aliphatic heterocycles. The van der Waals surface area contributed by atoms with Crippen LogP contribution in [0.1, 0.15) is 45.1 Å². The van der Waals surface area contributed by atoms with Gasteiger partial charge < -0.3 is 5.32 Å². The summed E-state index contributed by atoms with van der Waals surface area (Å²) in [6.45, 7) is 4.42. The molecule has 0 amide bonds. The van der Waals surface area contributed by atoms with Crippen molar-refractivity contribution in [3.63, 3.8) is 0 Å². The first-order chi connectivity index (χ1) is 9.16. The highest BCUT2D eigenvalue weighted by atomic mass is 35.5. The number of anilines is 1. The first-order valence-corrected chi connectivity index (χ1v) is 7.05. The van der Waals surface area contributed by atoms with E-state index in [-0.39, 0.29) is 17.0 Å². The van der Waals surface area contributed by atoms with Gasteiger partial charge in [-0.3, -0.25) is 0 Å². The third kappa shape index (κ3) is 4.01. The van der Waals surface area contributed by atoms with Gasteiger partial charge in [0.05, 0.1) is 5.56 Å². The van der Waals surface area contributed by atoms with Crippen LogP contribution < -0.4 is 5.32 Å². The van der Waals surface area contributed by atoms with Crippen molar-refractivity contribution in [2.75, 3.05) is 5.32 Å². The van der Waals surface area contributed by atoms with E-state index in [0.717, 1.165) is 37.8 Å². The average Bonchev–Trinajstić information content (AvgIpc) is 2.30. The maximum Gasteiger partial charge on any atom is 0.416 e. The Balaban J connectivity index is 2.09. The highest BCUT2D eigenvalue weighted by molar-refractivity contribution is 6.29. The van der Waals surface area contributed by atoms with E-state index in [1.807, 2.05) is 0 Å². The summed E-state index contributed by atoms with van der Waals surface area (Å²) >= 11 is 5.67. The van der Waals surface area contributed by atoms with E-state index in [4.69, 9.17) is 11.6 Å². The molecule has 0 saturated heterocycles. The molecule has 2 rings (SSSR count). The normalized spacial score (nSPS) is 19.9. The second-order valence-electron chi connectivity index (χ2n) is 6.14. The van der Waals surface area contributed by atoms with Gasteiger partial charge in [-0.15, -0.1) is 0 Å². The zero-order valence-corrected chi connectivity index (χ0v) is 12.3. The Kier molecular flexibility index (Phi) is 4.19. The summed E-state index contributed by atoms with van der Waals surface area (Å²) in [5.74, 6) is 0.203. The highest BCUT2D eigenvalue weighted by Crippen LogP contribution is 2.37. The van der Waals surface area contributed by atoms with Gasteiger partial charge in [-0.1, -0.05) is 25.4 Å². The van der Waals surface area contributed by atoms with Gasteiger partial charge in [0.1, 0.15) is 11.0 Å². The molecule has 0 bridgehead atoms. The van der Waals surface area contributed by atoms with Crippen LogP contribution in [0.3, 0.4) is 0 Å². The molecule has 0 atom stereocenters. The minimum absolute atomic E-state index is 0.140. The number of halogens is 4. The number of pyridine rings is 1. The van der Waals surface area contributed by atoms with E-state index in [2.05, 4.69) is 24.1 Å². The quantitative estimate of drug-likeness (QED) is 0.766. The van der Waals surface area contributed by atoms with Crippen molar-refractivity contribution in [1.82, 2.24) is 4.98 Å². The molecule has 1 heterocycles. The number of aromatic nitrogens is 1. The first kappa shape index (κ1) is 15.4. The van der Waals surface area contributed by atoms with E-state index in [1.54, 1.807) is 0 Å². The van der Waals surface area contributed by atoms with E-state index >= 15 is 0 Å². The zero-order valence-electron chi connectivity index (χ0n) is 11.5. The molecule has 0 spiro atoms. The molecule has 1 aliphatic rings. The van der Waals surface area contributed by atoms with Crippen LogP contribution >= 0.6 is 11.6 Å². The van der Waals surface area contributed by atoms with Gasteiger partial charge in [0.15, 0.2) is 0 Å². The van der Waals surface area contributed by atoms with Crippen LogP contribution in [0, 0.1) is 5.41 Å². The molecule has 0 aromatic carbocycles. The minimum Gasteiger partial charge on any atom is -0.367 e. The van der Waals surface area contributed by atoms with E-state index in [9.17, 15) is 13.2 Å². The molecule has 1 aromatic heterocycles. The Morgan fingerprint density at radius 1 is 1.25 bits per heavy atom. The van der Waals surface area contributed by atoms with Crippen molar-refractivity contribution >= 4 is 17.4 Å². The lowest BCUT2D eigenvalue weighted by Crippen LogP contribution is -2.30. The van der Waals surface area contributed by atoms with Crippen molar-refractivity contribution in [3.8, 4) is 0 Å². The molecule has 1 aliphatic carbocycles. The van der Waals surface area contributed by atoms with Crippen molar-refractivity contribution in [1.29, 1.82) is 0 Å². The first-order valence-electron chi connectivity index (χ1n) is 6.67. The number of alkyl halides is 3. The largest absolute Gasteiger partial charge is 0.416 e. The fourth-order valence-electron chi connectivity index (χ4n) is 2.49. The maximum atomic E-state index is 12.7. The van der Waals surface area contributed by atoms with Crippen LogP contribution in [0.5, 0.6) is 0 Å². The summed E-state index contributed by atoms with van der Waals surface area (Å²) in [6.07, 6.45) is -0.433. The minimum atomic E-state index is -4.41. The van der Waals surface area contributed by atoms with Crippen molar-refractivity contribution in [2.24, 2.45) is 5.41 Å². The predicted molar refractivity (Wildman–Crippen MR) is 73.9 cm³/mol. The van der Waals surface area contributed by atoms with Crippen LogP contribution in [0.4, 0.5) is 19.0 Å². The van der Waals surface area contributed by atoms with Gasteiger partial charge in [0.2, 0.25) is 0 Å². The Morgan fingerprint density at radius 3 is 2.40 bits per heavy atom. The lowest BCUT2D eigenvalue weighted by Gasteiger charge is -2.34. The van der Waals surface area contributed by atoms with E-state index < -0.39 is 11.7 Å². The molecule has 6 heteroatoms. The van der Waals surface area contributed by atoms with Gasteiger partial charge in [-0.05, 0) is 43.2 Å². The number of nitrogens with one attached hydrogen (secondary N) is 1. The molecule has 0 radical (unpaired) electrons. The lowest BCUT2D eigenvalue weighted by atomic mass is 9.75. The third-order valence-corrected chi connectivity index (χ3v) is 4.01. The van der Waals surface area contributed by atoms with Crippen molar-refractivity contribution < 1.29 is 13.2 Å². The number of hydrogen-bond donors (Lipinski definition) is 1. The predicted octanol–water partition coefficient (Wildman–Crippen LogP) is 5.13. The third-order valence-electron chi connectivity index (χ3n) is 3.81. The second-order valence-corrected chi connectivity index (χ2v) is 6.53. The molecule has 2 nitrogen and oxygen atoms in total. The summed E-state index contributed by atoms with van der Waals surface area (Å²) in [7, 11) is 0. The van der Waals surface area contributed by atoms with Gasteiger partial charge in [0, 0.05) is 6.04 Å². The summed E-state index contributed by atoms with van der Waals surface area (Å²) in [4.78, 5) is 3.93. The smallest absolute Gasteiger partial charge is 0.367 e. The number of rotatable bonds is 2. The summed E-state index contributed by atoms with van der Waals surface area (Å²) in [6, 6.07) is 2.03. The summed E-state index contributed by atoms with van der Waals surface area (Å²) in [5, 5.41) is 2.94. The summed E-state index contributed by atoms with van der Waals surface area (Å²) < 4.78 is 38.1. The Labute approximate surface area is 121 Å². The van der Waals surface area contributed by atoms with Gasteiger partial charge in [-0.2, -0.15) is 13.2 Å². The van der Waals surface area contributed by atoms with E-state index in [0.29, 0.717) is 5.41 Å². The molecule has 0 unspecified atom stereocenters. The molecule has 1 aromatic rings. The molecular formula is C14H18ClF3N2. The van der Waals surface area contributed by atoms with Crippen LogP contribution in [0.25, 0.3) is 0 Å². The Morgan fingerprint density at radius 2 is 1.85 bits per heavy atom. The van der Waals surface area contributed by atoms with Crippen molar-refractivity contribution in [2.45, 2.75) is 51.7 Å². The maximum absolute atomic E-state index is 12.7. The molecule has 1 N–H and O–H groups in total. The molecular weight excluding hydrogens is 289 g/mol.